The van der Waals surface area contributed by atoms with Crippen molar-refractivity contribution in [2.45, 2.75) is 6.61 Å². The molecule has 0 amide bonds. The average molecular weight is 321 g/mol. The smallest absolute Gasteiger partial charge is 0.161 e. The summed E-state index contributed by atoms with van der Waals surface area (Å²) < 4.78 is 0. The van der Waals surface area contributed by atoms with Crippen LogP contribution < -0.4 is 5.73 Å². The molecule has 0 atom stereocenters. The highest BCUT2D eigenvalue weighted by molar-refractivity contribution is 5.81. The van der Waals surface area contributed by atoms with E-state index in [1.807, 2.05) is 48.5 Å². The molecule has 0 aliphatic heterocycles. The summed E-state index contributed by atoms with van der Waals surface area (Å²) in [4.78, 5) is 16.6. The molecule has 6 heteroatoms. The molecule has 2 heterocycles. The highest BCUT2D eigenvalue weighted by Crippen LogP contribution is 2.27. The Morgan fingerprint density at radius 1 is 1.04 bits per heavy atom. The molecule has 0 radical (unpaired) electrons. The van der Waals surface area contributed by atoms with Crippen molar-refractivity contribution in [2.75, 3.05) is 5.73 Å². The first-order chi connectivity index (χ1) is 11.8. The van der Waals surface area contributed by atoms with E-state index < -0.39 is 0 Å². The van der Waals surface area contributed by atoms with Crippen molar-refractivity contribution >= 4 is 16.9 Å². The summed E-state index contributed by atoms with van der Waals surface area (Å²) in [5.41, 5.74) is 10.5. The molecule has 0 fully saturated rings. The molecule has 0 unspecified atom stereocenters. The Labute approximate surface area is 141 Å². The molecule has 0 aliphatic carbocycles. The summed E-state index contributed by atoms with van der Waals surface area (Å²) in [6, 6.07) is 15.3. The molecule has 4 rings (SSSR count). The van der Waals surface area contributed by atoms with Crippen molar-refractivity contribution in [2.24, 2.45) is 0 Å². The van der Waals surface area contributed by atoms with Gasteiger partial charge in [-0.25, -0.2) is 15.0 Å². The molecule has 0 saturated heterocycles. The average Bonchev–Trinajstić information content (AvgIpc) is 3.06. The molecule has 4 N–H and O–H groups in total. The molecule has 0 spiro atoms. The number of aliphatic hydroxyl groups excluding tert-OH is 1. The van der Waals surface area contributed by atoms with Crippen molar-refractivity contribution in [3.8, 4) is 22.8 Å². The van der Waals surface area contributed by atoms with Crippen LogP contribution in [0.15, 0.2) is 54.7 Å². The summed E-state index contributed by atoms with van der Waals surface area (Å²) in [7, 11) is 0. The van der Waals surface area contributed by atoms with E-state index in [1.54, 1.807) is 6.20 Å². The number of fused-ring (bicyclic) bond motifs is 1. The zero-order valence-electron chi connectivity index (χ0n) is 12.8. The zero-order chi connectivity index (χ0) is 16.5. The molecule has 0 bridgehead atoms. The Morgan fingerprint density at radius 2 is 1.83 bits per heavy atom. The van der Waals surface area contributed by atoms with E-state index in [9.17, 15) is 5.11 Å². The number of para-hydroxylation sites is 2. The minimum atomic E-state index is -0.0673. The molecule has 24 heavy (non-hydrogen) atoms. The van der Waals surface area contributed by atoms with Crippen molar-refractivity contribution in [3.63, 3.8) is 0 Å². The third-order valence-electron chi connectivity index (χ3n) is 3.88. The van der Waals surface area contributed by atoms with Crippen LogP contribution in [-0.2, 0) is 6.61 Å². The van der Waals surface area contributed by atoms with Gasteiger partial charge in [-0.15, -0.1) is 0 Å². The van der Waals surface area contributed by atoms with E-state index in [2.05, 4.69) is 19.9 Å². The maximum atomic E-state index is 9.52. The first-order valence-corrected chi connectivity index (χ1v) is 7.53. The van der Waals surface area contributed by atoms with Gasteiger partial charge in [-0.3, -0.25) is 0 Å². The van der Waals surface area contributed by atoms with Gasteiger partial charge >= 0.3 is 0 Å². The molecule has 0 aliphatic rings. The van der Waals surface area contributed by atoms with Crippen LogP contribution in [-0.4, -0.2) is 25.0 Å². The predicted molar refractivity (Wildman–Crippen MR) is 97.1 cm³/mol. The Morgan fingerprint density at radius 3 is 2.67 bits per heavy atom. The zero-order valence-corrected chi connectivity index (χ0v) is 12.8. The fraction of sp³-hybridized carbons (Fsp3) is 0.0556. The highest BCUT2D eigenvalue weighted by Gasteiger charge is 2.14. The topological polar surface area (TPSA) is 101 Å². The summed E-state index contributed by atoms with van der Waals surface area (Å²) in [5, 5.41) is 9.52. The SMILES string of the molecule is Nc1ncc(-c2ccccc2CO)nc1-c1nc2ccccc2[nH]1.[HH].[HH]. The number of imidazole rings is 1. The number of nitrogens with two attached hydrogens (primary N) is 1. The van der Waals surface area contributed by atoms with Gasteiger partial charge in [0.2, 0.25) is 0 Å². The number of benzene rings is 2. The second kappa shape index (κ2) is 5.75. The van der Waals surface area contributed by atoms with Gasteiger partial charge in [0.25, 0.3) is 0 Å². The van der Waals surface area contributed by atoms with E-state index in [0.29, 0.717) is 23.0 Å². The van der Waals surface area contributed by atoms with E-state index in [4.69, 9.17) is 5.73 Å². The van der Waals surface area contributed by atoms with Crippen LogP contribution in [0.3, 0.4) is 0 Å². The minimum Gasteiger partial charge on any atom is -0.392 e. The number of nitrogen functional groups attached to an aromatic ring is 1. The van der Waals surface area contributed by atoms with Crippen molar-refractivity contribution in [1.29, 1.82) is 0 Å². The maximum Gasteiger partial charge on any atom is 0.161 e. The number of hydrogen-bond donors (Lipinski definition) is 3. The number of aromatic amines is 1. The fourth-order valence-electron chi connectivity index (χ4n) is 2.68. The normalized spacial score (nSPS) is 11.0. The monoisotopic (exact) mass is 321 g/mol. The van der Waals surface area contributed by atoms with Crippen LogP contribution in [0.1, 0.15) is 8.42 Å². The van der Waals surface area contributed by atoms with Gasteiger partial charge in [-0.05, 0) is 17.7 Å². The molecule has 0 saturated carbocycles. The molecule has 6 nitrogen and oxygen atoms in total. The van der Waals surface area contributed by atoms with E-state index >= 15 is 0 Å². The standard InChI is InChI=1S/C18H15N5O.2H2/c19-17-16(18-22-13-7-3-4-8-14(13)23-18)21-15(9-20-17)12-6-2-1-5-11(12)10-24;;/h1-9,24H,10H2,(H2,19,20)(H,22,23);2*1H. The quantitative estimate of drug-likeness (QED) is 0.538. The van der Waals surface area contributed by atoms with Crippen LogP contribution in [0.4, 0.5) is 5.82 Å². The number of rotatable bonds is 3. The Balaban J connectivity index is 0.00000121. The molecular formula is C18H19N5O. The number of anilines is 1. The lowest BCUT2D eigenvalue weighted by molar-refractivity contribution is 0.282. The van der Waals surface area contributed by atoms with Crippen molar-refractivity contribution < 1.29 is 7.96 Å². The van der Waals surface area contributed by atoms with Gasteiger partial charge in [0.15, 0.2) is 11.6 Å². The highest BCUT2D eigenvalue weighted by atomic mass is 16.3. The van der Waals surface area contributed by atoms with Gasteiger partial charge in [-0.1, -0.05) is 36.4 Å². The lowest BCUT2D eigenvalue weighted by Gasteiger charge is -2.08. The molecule has 2 aromatic heterocycles. The maximum absolute atomic E-state index is 9.52. The predicted octanol–water partition coefficient (Wildman–Crippen LogP) is 3.25. The van der Waals surface area contributed by atoms with Gasteiger partial charge in [-0.2, -0.15) is 0 Å². The molecule has 2 aromatic carbocycles. The fourth-order valence-corrected chi connectivity index (χ4v) is 2.68. The van der Waals surface area contributed by atoms with E-state index in [1.165, 1.54) is 0 Å². The minimum absolute atomic E-state index is 0. The van der Waals surface area contributed by atoms with Crippen LogP contribution in [0.2, 0.25) is 0 Å². The molecular weight excluding hydrogens is 302 g/mol. The Hall–Kier alpha value is -3.25. The third kappa shape index (κ3) is 2.39. The lowest BCUT2D eigenvalue weighted by atomic mass is 10.1. The van der Waals surface area contributed by atoms with Gasteiger partial charge in [0.1, 0.15) is 5.69 Å². The third-order valence-corrected chi connectivity index (χ3v) is 3.88. The summed E-state index contributed by atoms with van der Waals surface area (Å²) in [5.74, 6) is 0.879. The second-order valence-electron chi connectivity index (χ2n) is 5.41. The Kier molecular flexibility index (Phi) is 3.44. The largest absolute Gasteiger partial charge is 0.392 e. The van der Waals surface area contributed by atoms with Crippen LogP contribution >= 0.6 is 0 Å². The number of nitrogens with zero attached hydrogens (tertiary/aromatic N) is 3. The van der Waals surface area contributed by atoms with Gasteiger partial charge < -0.3 is 15.8 Å². The number of hydrogen-bond acceptors (Lipinski definition) is 5. The molecule has 4 aromatic rings. The van der Waals surface area contributed by atoms with E-state index in [-0.39, 0.29) is 9.46 Å². The number of H-pyrrole nitrogens is 1. The van der Waals surface area contributed by atoms with Crippen LogP contribution in [0.5, 0.6) is 0 Å². The summed E-state index contributed by atoms with van der Waals surface area (Å²) >= 11 is 0. The molecule has 122 valence electrons. The number of aromatic nitrogens is 4. The Bertz CT molecular complexity index is 1000. The number of nitrogens with one attached hydrogen (secondary N) is 1. The first-order valence-electron chi connectivity index (χ1n) is 7.53. The van der Waals surface area contributed by atoms with Crippen LogP contribution in [0, 0.1) is 0 Å². The van der Waals surface area contributed by atoms with E-state index in [0.717, 1.165) is 22.2 Å². The first kappa shape index (κ1) is 14.3. The van der Waals surface area contributed by atoms with Crippen molar-refractivity contribution in [1.82, 2.24) is 19.9 Å². The van der Waals surface area contributed by atoms with Gasteiger partial charge in [0, 0.05) is 8.42 Å². The lowest BCUT2D eigenvalue weighted by Crippen LogP contribution is -2.01. The summed E-state index contributed by atoms with van der Waals surface area (Å²) in [6.45, 7) is -0.0673. The second-order valence-corrected chi connectivity index (χ2v) is 5.41. The summed E-state index contributed by atoms with van der Waals surface area (Å²) in [6.07, 6.45) is 1.61. The van der Waals surface area contributed by atoms with Gasteiger partial charge in [0.05, 0.1) is 29.5 Å². The van der Waals surface area contributed by atoms with Crippen molar-refractivity contribution in [3.05, 3.63) is 60.3 Å². The van der Waals surface area contributed by atoms with Crippen LogP contribution in [0.25, 0.3) is 33.8 Å². The number of aliphatic hydroxyl groups is 1.